The van der Waals surface area contributed by atoms with Crippen molar-refractivity contribution < 1.29 is 5.11 Å². The summed E-state index contributed by atoms with van der Waals surface area (Å²) < 4.78 is 1.89. The number of nitrogens with zero attached hydrogens (tertiary/aromatic N) is 2. The molecule has 0 fully saturated rings. The predicted octanol–water partition coefficient (Wildman–Crippen LogP) is 3.66. The summed E-state index contributed by atoms with van der Waals surface area (Å²) in [5.74, 6) is 0.863. The van der Waals surface area contributed by atoms with Gasteiger partial charge in [-0.25, -0.2) is 4.68 Å². The van der Waals surface area contributed by atoms with Crippen molar-refractivity contribution in [3.63, 3.8) is 0 Å². The molecule has 4 heteroatoms. The molecule has 3 rings (SSSR count). The fourth-order valence-corrected chi connectivity index (χ4v) is 2.95. The molecule has 0 radical (unpaired) electrons. The first-order chi connectivity index (χ1) is 10.3. The molecule has 0 amide bonds. The van der Waals surface area contributed by atoms with Crippen LogP contribution in [0.5, 0.6) is 0 Å². The predicted molar refractivity (Wildman–Crippen MR) is 85.5 cm³/mol. The molecule has 1 N–H and O–H groups in total. The molecule has 0 bridgehead atoms. The number of aliphatic hydroxyl groups is 1. The first kappa shape index (κ1) is 13.9. The number of benzene rings is 2. The van der Waals surface area contributed by atoms with Crippen LogP contribution >= 0.6 is 11.8 Å². The van der Waals surface area contributed by atoms with Gasteiger partial charge >= 0.3 is 0 Å². The molecule has 2 aromatic carbocycles. The monoisotopic (exact) mass is 296 g/mol. The second-order valence-electron chi connectivity index (χ2n) is 4.72. The fourth-order valence-electron chi connectivity index (χ4n) is 2.06. The normalized spacial score (nSPS) is 10.7. The standard InChI is InChI=1S/C17H16N2OS/c20-12-14-5-4-8-17(9-14)21-13-15-10-18-19(11-15)16-6-2-1-3-7-16/h1-11,20H,12-13H2. The summed E-state index contributed by atoms with van der Waals surface area (Å²) in [6.45, 7) is 0.0837. The van der Waals surface area contributed by atoms with Crippen LogP contribution in [0.15, 0.2) is 71.9 Å². The van der Waals surface area contributed by atoms with Crippen molar-refractivity contribution in [2.24, 2.45) is 0 Å². The van der Waals surface area contributed by atoms with Crippen LogP contribution in [-0.4, -0.2) is 14.9 Å². The molecule has 3 aromatic rings. The summed E-state index contributed by atoms with van der Waals surface area (Å²) in [7, 11) is 0. The number of aliphatic hydroxyl groups excluding tert-OH is 1. The van der Waals surface area contributed by atoms with E-state index in [0.29, 0.717) is 0 Å². The number of aromatic nitrogens is 2. The lowest BCUT2D eigenvalue weighted by molar-refractivity contribution is 0.281. The second kappa shape index (κ2) is 6.61. The average Bonchev–Trinajstić information content (AvgIpc) is 3.03. The van der Waals surface area contributed by atoms with Crippen LogP contribution < -0.4 is 0 Å². The lowest BCUT2D eigenvalue weighted by atomic mass is 10.2. The molecule has 0 saturated carbocycles. The molecule has 0 atom stereocenters. The van der Waals surface area contributed by atoms with Gasteiger partial charge in [-0.05, 0) is 29.8 Å². The van der Waals surface area contributed by atoms with Crippen LogP contribution in [0.1, 0.15) is 11.1 Å². The molecule has 0 aliphatic carbocycles. The SMILES string of the molecule is OCc1cccc(SCc2cnn(-c3ccccc3)c2)c1. The number of para-hydroxylation sites is 1. The molecule has 1 aromatic heterocycles. The highest BCUT2D eigenvalue weighted by Crippen LogP contribution is 2.23. The zero-order chi connectivity index (χ0) is 14.5. The molecular weight excluding hydrogens is 280 g/mol. The molecule has 106 valence electrons. The van der Waals surface area contributed by atoms with Gasteiger partial charge in [-0.3, -0.25) is 0 Å². The first-order valence-electron chi connectivity index (χ1n) is 6.77. The molecule has 0 spiro atoms. The minimum absolute atomic E-state index is 0.0837. The maximum absolute atomic E-state index is 9.15. The third-order valence-corrected chi connectivity index (χ3v) is 4.21. The average molecular weight is 296 g/mol. The third kappa shape index (κ3) is 3.54. The zero-order valence-electron chi connectivity index (χ0n) is 11.5. The van der Waals surface area contributed by atoms with Gasteiger partial charge < -0.3 is 5.11 Å². The van der Waals surface area contributed by atoms with Crippen LogP contribution in [-0.2, 0) is 12.4 Å². The van der Waals surface area contributed by atoms with E-state index in [9.17, 15) is 0 Å². The molecule has 0 aliphatic heterocycles. The Hall–Kier alpha value is -2.04. The number of rotatable bonds is 5. The van der Waals surface area contributed by atoms with Crippen LogP contribution in [0.25, 0.3) is 5.69 Å². The van der Waals surface area contributed by atoms with E-state index >= 15 is 0 Å². The molecule has 0 aliphatic rings. The third-order valence-electron chi connectivity index (χ3n) is 3.14. The Morgan fingerprint density at radius 1 is 1.00 bits per heavy atom. The van der Waals surface area contributed by atoms with Gasteiger partial charge in [0.25, 0.3) is 0 Å². The summed E-state index contributed by atoms with van der Waals surface area (Å²) in [4.78, 5) is 1.16. The Balaban J connectivity index is 1.67. The number of thioether (sulfide) groups is 1. The highest BCUT2D eigenvalue weighted by molar-refractivity contribution is 7.98. The molecule has 3 nitrogen and oxygen atoms in total. The van der Waals surface area contributed by atoms with Crippen LogP contribution in [0.3, 0.4) is 0 Å². The van der Waals surface area contributed by atoms with E-state index in [1.165, 1.54) is 5.56 Å². The summed E-state index contributed by atoms with van der Waals surface area (Å²) in [5, 5.41) is 13.5. The van der Waals surface area contributed by atoms with E-state index in [0.717, 1.165) is 21.9 Å². The molecule has 1 heterocycles. The Labute approximate surface area is 128 Å². The summed E-state index contributed by atoms with van der Waals surface area (Å²) in [5.41, 5.74) is 3.19. The van der Waals surface area contributed by atoms with Gasteiger partial charge in [0.15, 0.2) is 0 Å². The molecule has 0 unspecified atom stereocenters. The van der Waals surface area contributed by atoms with Crippen molar-refractivity contribution in [3.8, 4) is 5.69 Å². The zero-order valence-corrected chi connectivity index (χ0v) is 12.3. The highest BCUT2D eigenvalue weighted by atomic mass is 32.2. The van der Waals surface area contributed by atoms with E-state index in [1.807, 2.05) is 59.4 Å². The minimum Gasteiger partial charge on any atom is -0.392 e. The number of hydrogen-bond acceptors (Lipinski definition) is 3. The smallest absolute Gasteiger partial charge is 0.0682 e. The first-order valence-corrected chi connectivity index (χ1v) is 7.75. The van der Waals surface area contributed by atoms with E-state index < -0.39 is 0 Å². The van der Waals surface area contributed by atoms with Crippen molar-refractivity contribution in [2.45, 2.75) is 17.3 Å². The maximum Gasteiger partial charge on any atom is 0.0682 e. The van der Waals surface area contributed by atoms with Crippen LogP contribution in [0.4, 0.5) is 0 Å². The van der Waals surface area contributed by atoms with Gasteiger partial charge in [0.2, 0.25) is 0 Å². The van der Waals surface area contributed by atoms with Crippen molar-refractivity contribution >= 4 is 11.8 Å². The Bertz CT molecular complexity index is 710. The largest absolute Gasteiger partial charge is 0.392 e. The van der Waals surface area contributed by atoms with Crippen molar-refractivity contribution in [1.82, 2.24) is 9.78 Å². The van der Waals surface area contributed by atoms with Gasteiger partial charge in [-0.1, -0.05) is 30.3 Å². The highest BCUT2D eigenvalue weighted by Gasteiger charge is 2.02. The van der Waals surface area contributed by atoms with Gasteiger partial charge in [0.05, 0.1) is 18.5 Å². The van der Waals surface area contributed by atoms with Crippen molar-refractivity contribution in [2.75, 3.05) is 0 Å². The Morgan fingerprint density at radius 2 is 1.86 bits per heavy atom. The van der Waals surface area contributed by atoms with Gasteiger partial charge in [0, 0.05) is 22.4 Å². The van der Waals surface area contributed by atoms with Crippen LogP contribution in [0.2, 0.25) is 0 Å². The molecule has 0 saturated heterocycles. The Morgan fingerprint density at radius 3 is 2.67 bits per heavy atom. The quantitative estimate of drug-likeness (QED) is 0.730. The lowest BCUT2D eigenvalue weighted by Gasteiger charge is -2.02. The Kier molecular flexibility index (Phi) is 4.38. The maximum atomic E-state index is 9.15. The van der Waals surface area contributed by atoms with Crippen molar-refractivity contribution in [1.29, 1.82) is 0 Å². The topological polar surface area (TPSA) is 38.1 Å². The van der Waals surface area contributed by atoms with E-state index in [-0.39, 0.29) is 6.61 Å². The van der Waals surface area contributed by atoms with Gasteiger partial charge in [-0.15, -0.1) is 11.8 Å². The summed E-state index contributed by atoms with van der Waals surface area (Å²) in [6, 6.07) is 18.1. The summed E-state index contributed by atoms with van der Waals surface area (Å²) in [6.07, 6.45) is 3.95. The van der Waals surface area contributed by atoms with Gasteiger partial charge in [-0.2, -0.15) is 5.10 Å². The van der Waals surface area contributed by atoms with E-state index in [1.54, 1.807) is 11.8 Å². The fraction of sp³-hybridized carbons (Fsp3) is 0.118. The van der Waals surface area contributed by atoms with Crippen molar-refractivity contribution in [3.05, 3.63) is 78.1 Å². The minimum atomic E-state index is 0.0837. The van der Waals surface area contributed by atoms with Gasteiger partial charge in [0.1, 0.15) is 0 Å². The number of hydrogen-bond donors (Lipinski definition) is 1. The van der Waals surface area contributed by atoms with E-state index in [4.69, 9.17) is 5.11 Å². The lowest BCUT2D eigenvalue weighted by Crippen LogP contribution is -1.92. The van der Waals surface area contributed by atoms with Crippen LogP contribution in [0, 0.1) is 0 Å². The second-order valence-corrected chi connectivity index (χ2v) is 5.77. The molecular formula is C17H16N2OS. The summed E-state index contributed by atoms with van der Waals surface area (Å²) >= 11 is 1.75. The molecule has 21 heavy (non-hydrogen) atoms. The van der Waals surface area contributed by atoms with E-state index in [2.05, 4.69) is 17.4 Å².